The average molecular weight is 299 g/mol. The Kier molecular flexibility index (Phi) is 6.17. The Labute approximate surface area is 124 Å². The summed E-state index contributed by atoms with van der Waals surface area (Å²) in [6.07, 6.45) is 1.71. The highest BCUT2D eigenvalue weighted by molar-refractivity contribution is 7.90. The first-order valence-corrected chi connectivity index (χ1v) is 7.93. The lowest BCUT2D eigenvalue weighted by Gasteiger charge is -2.26. The minimum Gasteiger partial charge on any atom is -0.598 e. The second kappa shape index (κ2) is 7.20. The zero-order valence-electron chi connectivity index (χ0n) is 12.9. The van der Waals surface area contributed by atoms with E-state index in [0.717, 1.165) is 18.4 Å². The Bertz CT molecular complexity index is 432. The van der Waals surface area contributed by atoms with Crippen LogP contribution in [0.4, 0.5) is 0 Å². The van der Waals surface area contributed by atoms with Crippen LogP contribution in [0.1, 0.15) is 39.7 Å². The summed E-state index contributed by atoms with van der Waals surface area (Å²) in [5, 5.41) is 9.54. The second-order valence-corrected chi connectivity index (χ2v) is 7.94. The summed E-state index contributed by atoms with van der Waals surface area (Å²) >= 11 is -1.05. The van der Waals surface area contributed by atoms with Gasteiger partial charge in [0.25, 0.3) is 0 Å². The Hall–Kier alpha value is -0.910. The number of benzene rings is 1. The lowest BCUT2D eigenvalue weighted by molar-refractivity contribution is 0.373. The fraction of sp³-hybridized carbons (Fsp3) is 0.600. The van der Waals surface area contributed by atoms with Crippen molar-refractivity contribution in [3.8, 4) is 11.5 Å². The lowest BCUT2D eigenvalue weighted by Crippen LogP contribution is -2.43. The van der Waals surface area contributed by atoms with Gasteiger partial charge in [-0.25, -0.2) is 0 Å². The molecule has 0 fully saturated rings. The molecular formula is C15H25NO3S. The van der Waals surface area contributed by atoms with Crippen LogP contribution in [-0.4, -0.2) is 27.6 Å². The molecule has 0 heterocycles. The molecule has 0 aliphatic rings. The van der Waals surface area contributed by atoms with Gasteiger partial charge in [0.15, 0.2) is 11.5 Å². The van der Waals surface area contributed by atoms with Gasteiger partial charge in [0.05, 0.1) is 13.2 Å². The van der Waals surface area contributed by atoms with E-state index in [4.69, 9.17) is 4.74 Å². The second-order valence-electron chi connectivity index (χ2n) is 5.94. The van der Waals surface area contributed by atoms with E-state index in [-0.39, 0.29) is 16.5 Å². The summed E-state index contributed by atoms with van der Waals surface area (Å²) < 4.78 is 19.9. The molecule has 0 aliphatic carbocycles. The quantitative estimate of drug-likeness (QED) is 0.793. The fourth-order valence-corrected chi connectivity index (χ4v) is 2.52. The maximum atomic E-state index is 12.0. The predicted molar refractivity (Wildman–Crippen MR) is 83.5 cm³/mol. The molecule has 2 atom stereocenters. The van der Waals surface area contributed by atoms with Crippen LogP contribution >= 0.6 is 0 Å². The molecule has 5 heteroatoms. The molecule has 20 heavy (non-hydrogen) atoms. The molecule has 2 N–H and O–H groups in total. The van der Waals surface area contributed by atoms with Crippen LogP contribution in [0.3, 0.4) is 0 Å². The van der Waals surface area contributed by atoms with Gasteiger partial charge < -0.3 is 14.4 Å². The van der Waals surface area contributed by atoms with Gasteiger partial charge in [0.1, 0.15) is 4.75 Å². The van der Waals surface area contributed by atoms with Gasteiger partial charge in [-0.3, -0.25) is 0 Å². The molecule has 0 amide bonds. The van der Waals surface area contributed by atoms with Crippen molar-refractivity contribution in [1.82, 2.24) is 4.72 Å². The topological polar surface area (TPSA) is 64.5 Å². The van der Waals surface area contributed by atoms with Gasteiger partial charge in [0.2, 0.25) is 0 Å². The number of methoxy groups -OCH3 is 1. The number of phenols is 1. The Morgan fingerprint density at radius 1 is 1.40 bits per heavy atom. The molecule has 1 aromatic carbocycles. The van der Waals surface area contributed by atoms with E-state index in [1.807, 2.05) is 39.8 Å². The fourth-order valence-electron chi connectivity index (χ4n) is 1.68. The number of nitrogens with one attached hydrogen (secondary N) is 1. The lowest BCUT2D eigenvalue weighted by atomic mass is 10.1. The van der Waals surface area contributed by atoms with Gasteiger partial charge in [-0.05, 0) is 58.2 Å². The maximum Gasteiger partial charge on any atom is 0.160 e. The van der Waals surface area contributed by atoms with E-state index in [0.29, 0.717) is 5.75 Å². The monoisotopic (exact) mass is 299 g/mol. The molecule has 1 aromatic rings. The normalized spacial score (nSPS) is 14.9. The van der Waals surface area contributed by atoms with Crippen LogP contribution in [0.5, 0.6) is 11.5 Å². The van der Waals surface area contributed by atoms with Crippen LogP contribution in [-0.2, 0) is 17.8 Å². The number of hydrogen-bond acceptors (Lipinski definition) is 4. The maximum absolute atomic E-state index is 12.0. The summed E-state index contributed by atoms with van der Waals surface area (Å²) in [6.45, 7) is 7.89. The first-order valence-electron chi connectivity index (χ1n) is 6.78. The van der Waals surface area contributed by atoms with Crippen molar-refractivity contribution in [2.45, 2.75) is 51.3 Å². The van der Waals surface area contributed by atoms with E-state index in [9.17, 15) is 9.66 Å². The van der Waals surface area contributed by atoms with Crippen LogP contribution < -0.4 is 9.46 Å². The minimum atomic E-state index is -1.05. The number of hydrogen-bond donors (Lipinski definition) is 2. The molecule has 4 nitrogen and oxygen atoms in total. The number of phenolic OH excluding ortho intramolecular Hbond substituents is 1. The van der Waals surface area contributed by atoms with E-state index < -0.39 is 11.4 Å². The summed E-state index contributed by atoms with van der Waals surface area (Å²) in [5.41, 5.74) is 1.09. The number of ether oxygens (including phenoxy) is 1. The van der Waals surface area contributed by atoms with E-state index >= 15 is 0 Å². The van der Waals surface area contributed by atoms with Crippen molar-refractivity contribution in [2.75, 3.05) is 7.11 Å². The Morgan fingerprint density at radius 3 is 2.60 bits per heavy atom. The van der Waals surface area contributed by atoms with Gasteiger partial charge in [0, 0.05) is 11.4 Å². The Balaban J connectivity index is 2.51. The molecule has 0 unspecified atom stereocenters. The molecule has 114 valence electrons. The first kappa shape index (κ1) is 17.1. The molecule has 0 aliphatic heterocycles. The van der Waals surface area contributed by atoms with E-state index in [1.165, 1.54) is 7.11 Å². The van der Waals surface area contributed by atoms with Crippen LogP contribution in [0.25, 0.3) is 0 Å². The summed E-state index contributed by atoms with van der Waals surface area (Å²) in [7, 11) is 1.54. The van der Waals surface area contributed by atoms with Gasteiger partial charge in [-0.15, -0.1) is 4.72 Å². The van der Waals surface area contributed by atoms with Crippen molar-refractivity contribution in [3.63, 3.8) is 0 Å². The molecule has 0 aromatic heterocycles. The standard InChI is InChI=1S/C15H25NO3S/c1-11(16-20(18)15(2,3)4)6-7-12-8-9-13(17)14(10-12)19-5/h8-11,16-17H,6-7H2,1-5H3/t11-,20-/m1/s1. The highest BCUT2D eigenvalue weighted by atomic mass is 32.2. The zero-order chi connectivity index (χ0) is 15.3. The summed E-state index contributed by atoms with van der Waals surface area (Å²) in [6, 6.07) is 5.52. The third-order valence-corrected chi connectivity index (χ3v) is 4.70. The third kappa shape index (κ3) is 5.23. The number of aryl methyl sites for hydroxylation is 1. The predicted octanol–water partition coefficient (Wildman–Crippen LogP) is 2.77. The van der Waals surface area contributed by atoms with Crippen molar-refractivity contribution in [1.29, 1.82) is 0 Å². The van der Waals surface area contributed by atoms with Crippen molar-refractivity contribution >= 4 is 11.4 Å². The first-order chi connectivity index (χ1) is 9.24. The van der Waals surface area contributed by atoms with E-state index in [1.54, 1.807) is 6.07 Å². The van der Waals surface area contributed by atoms with Crippen LogP contribution in [0.2, 0.25) is 0 Å². The smallest absolute Gasteiger partial charge is 0.160 e. The SMILES string of the molecule is COc1cc(CC[C@@H](C)N[S@+]([O-])C(C)(C)C)ccc1O. The number of aromatic hydroxyl groups is 1. The zero-order valence-corrected chi connectivity index (χ0v) is 13.7. The Morgan fingerprint density at radius 2 is 2.05 bits per heavy atom. The number of rotatable bonds is 6. The van der Waals surface area contributed by atoms with Crippen molar-refractivity contribution < 1.29 is 14.4 Å². The molecule has 0 bridgehead atoms. The highest BCUT2D eigenvalue weighted by Gasteiger charge is 2.27. The molecule has 0 spiro atoms. The molecular weight excluding hydrogens is 274 g/mol. The third-order valence-electron chi connectivity index (χ3n) is 2.97. The van der Waals surface area contributed by atoms with Crippen LogP contribution in [0, 0.1) is 0 Å². The minimum absolute atomic E-state index is 0.149. The van der Waals surface area contributed by atoms with Crippen molar-refractivity contribution in [2.24, 2.45) is 0 Å². The van der Waals surface area contributed by atoms with Gasteiger partial charge >= 0.3 is 0 Å². The van der Waals surface area contributed by atoms with Crippen molar-refractivity contribution in [3.05, 3.63) is 23.8 Å². The van der Waals surface area contributed by atoms with Crippen LogP contribution in [0.15, 0.2) is 18.2 Å². The summed E-state index contributed by atoms with van der Waals surface area (Å²) in [4.78, 5) is 0. The van der Waals surface area contributed by atoms with Gasteiger partial charge in [-0.2, -0.15) is 0 Å². The molecule has 1 rings (SSSR count). The highest BCUT2D eigenvalue weighted by Crippen LogP contribution is 2.27. The molecule has 0 saturated carbocycles. The van der Waals surface area contributed by atoms with E-state index in [2.05, 4.69) is 4.72 Å². The van der Waals surface area contributed by atoms with Gasteiger partial charge in [-0.1, -0.05) is 6.07 Å². The molecule has 0 saturated heterocycles. The molecule has 0 radical (unpaired) electrons. The largest absolute Gasteiger partial charge is 0.598 e. The average Bonchev–Trinajstić information content (AvgIpc) is 2.36. The summed E-state index contributed by atoms with van der Waals surface area (Å²) in [5.74, 6) is 0.637.